The number of rotatable bonds is 5. The molecule has 2 N–H and O–H groups in total. The summed E-state index contributed by atoms with van der Waals surface area (Å²) in [7, 11) is 0. The molecule has 4 nitrogen and oxygen atoms in total. The normalized spacial score (nSPS) is 16.9. The third-order valence-electron chi connectivity index (χ3n) is 3.43. The predicted molar refractivity (Wildman–Crippen MR) is 76.2 cm³/mol. The van der Waals surface area contributed by atoms with Gasteiger partial charge in [-0.1, -0.05) is 15.9 Å². The van der Waals surface area contributed by atoms with E-state index in [-0.39, 0.29) is 5.91 Å². The lowest BCUT2D eigenvalue weighted by molar-refractivity contribution is -0.120. The Balaban J connectivity index is 1.58. The Labute approximate surface area is 121 Å². The molecule has 1 aliphatic carbocycles. The first-order chi connectivity index (χ1) is 9.22. The SMILES string of the molecule is O=C(CNC1CC1)NCc1cc(Br)cc2c1OCC2. The molecule has 1 fully saturated rings. The zero-order chi connectivity index (χ0) is 13.2. The van der Waals surface area contributed by atoms with Gasteiger partial charge in [0, 0.05) is 29.0 Å². The molecule has 1 aromatic carbocycles. The highest BCUT2D eigenvalue weighted by molar-refractivity contribution is 9.10. The van der Waals surface area contributed by atoms with Crippen LogP contribution in [0.1, 0.15) is 24.0 Å². The van der Waals surface area contributed by atoms with E-state index in [4.69, 9.17) is 4.74 Å². The summed E-state index contributed by atoms with van der Waals surface area (Å²) in [6, 6.07) is 4.66. The van der Waals surface area contributed by atoms with Crippen LogP contribution in [0.25, 0.3) is 0 Å². The maximum Gasteiger partial charge on any atom is 0.234 e. The lowest BCUT2D eigenvalue weighted by atomic mass is 10.1. The van der Waals surface area contributed by atoms with Crippen LogP contribution in [0.3, 0.4) is 0 Å². The van der Waals surface area contributed by atoms with Crippen molar-refractivity contribution in [2.45, 2.75) is 31.8 Å². The summed E-state index contributed by atoms with van der Waals surface area (Å²) >= 11 is 3.50. The van der Waals surface area contributed by atoms with Gasteiger partial charge in [-0.3, -0.25) is 4.79 Å². The molecule has 3 rings (SSSR count). The second-order valence-electron chi connectivity index (χ2n) is 5.08. The molecule has 2 aliphatic rings. The van der Waals surface area contributed by atoms with Crippen molar-refractivity contribution in [3.63, 3.8) is 0 Å². The largest absolute Gasteiger partial charge is 0.493 e. The molecule has 0 saturated heterocycles. The molecule has 1 aromatic rings. The average molecular weight is 325 g/mol. The first-order valence-corrected chi connectivity index (χ1v) is 7.46. The van der Waals surface area contributed by atoms with Crippen LogP contribution in [0, 0.1) is 0 Å². The second-order valence-corrected chi connectivity index (χ2v) is 6.00. The Morgan fingerprint density at radius 1 is 1.42 bits per heavy atom. The number of ether oxygens (including phenoxy) is 1. The minimum Gasteiger partial charge on any atom is -0.493 e. The molecule has 1 aliphatic heterocycles. The van der Waals surface area contributed by atoms with Gasteiger partial charge in [-0.05, 0) is 30.5 Å². The second kappa shape index (κ2) is 5.51. The number of carbonyl (C=O) groups excluding carboxylic acids is 1. The molecule has 1 amide bonds. The van der Waals surface area contributed by atoms with Crippen LogP contribution in [0.2, 0.25) is 0 Å². The molecule has 0 spiro atoms. The Morgan fingerprint density at radius 2 is 2.26 bits per heavy atom. The van der Waals surface area contributed by atoms with E-state index in [1.54, 1.807) is 0 Å². The van der Waals surface area contributed by atoms with E-state index < -0.39 is 0 Å². The summed E-state index contributed by atoms with van der Waals surface area (Å²) in [6.45, 7) is 1.66. The van der Waals surface area contributed by atoms with Crippen LogP contribution in [-0.4, -0.2) is 25.1 Å². The Bertz CT molecular complexity index is 500. The van der Waals surface area contributed by atoms with Crippen molar-refractivity contribution in [2.24, 2.45) is 0 Å². The standard InChI is InChI=1S/C14H17BrN2O2/c15-11-5-9-3-4-19-14(9)10(6-11)7-17-13(18)8-16-12-1-2-12/h5-6,12,16H,1-4,7-8H2,(H,17,18). The van der Waals surface area contributed by atoms with Crippen molar-refractivity contribution in [3.8, 4) is 5.75 Å². The highest BCUT2D eigenvalue weighted by Crippen LogP contribution is 2.32. The van der Waals surface area contributed by atoms with Gasteiger partial charge in [-0.25, -0.2) is 0 Å². The maximum absolute atomic E-state index is 11.7. The van der Waals surface area contributed by atoms with E-state index in [1.807, 2.05) is 6.07 Å². The monoisotopic (exact) mass is 324 g/mol. The van der Waals surface area contributed by atoms with Crippen LogP contribution < -0.4 is 15.4 Å². The summed E-state index contributed by atoms with van der Waals surface area (Å²) in [5.41, 5.74) is 2.26. The van der Waals surface area contributed by atoms with Crippen LogP contribution in [0.5, 0.6) is 5.75 Å². The van der Waals surface area contributed by atoms with E-state index in [0.717, 1.165) is 28.8 Å². The molecular formula is C14H17BrN2O2. The molecule has 0 bridgehead atoms. The first kappa shape index (κ1) is 12.9. The van der Waals surface area contributed by atoms with Gasteiger partial charge in [0.1, 0.15) is 5.75 Å². The summed E-state index contributed by atoms with van der Waals surface area (Å²) in [4.78, 5) is 11.7. The highest BCUT2D eigenvalue weighted by atomic mass is 79.9. The van der Waals surface area contributed by atoms with Gasteiger partial charge in [-0.15, -0.1) is 0 Å². The van der Waals surface area contributed by atoms with Gasteiger partial charge >= 0.3 is 0 Å². The minimum absolute atomic E-state index is 0.0404. The number of hydrogen-bond acceptors (Lipinski definition) is 3. The molecule has 0 unspecified atom stereocenters. The topological polar surface area (TPSA) is 50.4 Å². The molecule has 0 radical (unpaired) electrons. The van der Waals surface area contributed by atoms with E-state index in [0.29, 0.717) is 19.1 Å². The fourth-order valence-electron chi connectivity index (χ4n) is 2.26. The third kappa shape index (κ3) is 3.28. The Kier molecular flexibility index (Phi) is 3.75. The quantitative estimate of drug-likeness (QED) is 0.867. The van der Waals surface area contributed by atoms with E-state index in [2.05, 4.69) is 32.6 Å². The Hall–Kier alpha value is -1.07. The summed E-state index contributed by atoms with van der Waals surface area (Å²) in [6.07, 6.45) is 3.33. The number of halogens is 1. The maximum atomic E-state index is 11.7. The molecule has 1 heterocycles. The zero-order valence-electron chi connectivity index (χ0n) is 10.7. The van der Waals surface area contributed by atoms with E-state index in [1.165, 1.54) is 18.4 Å². The van der Waals surface area contributed by atoms with E-state index in [9.17, 15) is 4.79 Å². The molecule has 0 aromatic heterocycles. The average Bonchev–Trinajstić information content (AvgIpc) is 3.10. The first-order valence-electron chi connectivity index (χ1n) is 6.66. The summed E-state index contributed by atoms with van der Waals surface area (Å²) in [5, 5.41) is 6.14. The fraction of sp³-hybridized carbons (Fsp3) is 0.500. The van der Waals surface area contributed by atoms with Gasteiger partial charge < -0.3 is 15.4 Å². The number of fused-ring (bicyclic) bond motifs is 1. The van der Waals surface area contributed by atoms with Gasteiger partial charge in [-0.2, -0.15) is 0 Å². The number of carbonyl (C=O) groups is 1. The van der Waals surface area contributed by atoms with Crippen molar-refractivity contribution < 1.29 is 9.53 Å². The van der Waals surface area contributed by atoms with E-state index >= 15 is 0 Å². The third-order valence-corrected chi connectivity index (χ3v) is 3.89. The van der Waals surface area contributed by atoms with Crippen LogP contribution in [-0.2, 0) is 17.8 Å². The van der Waals surface area contributed by atoms with Crippen LogP contribution >= 0.6 is 15.9 Å². The summed E-state index contributed by atoms with van der Waals surface area (Å²) < 4.78 is 6.68. The molecule has 5 heteroatoms. The van der Waals surface area contributed by atoms with Gasteiger partial charge in [0.15, 0.2) is 0 Å². The zero-order valence-corrected chi connectivity index (χ0v) is 12.3. The Morgan fingerprint density at radius 3 is 3.05 bits per heavy atom. The number of benzene rings is 1. The summed E-state index contributed by atoms with van der Waals surface area (Å²) in [5.74, 6) is 0.984. The van der Waals surface area contributed by atoms with Crippen LogP contribution in [0.4, 0.5) is 0 Å². The van der Waals surface area contributed by atoms with Gasteiger partial charge in [0.05, 0.1) is 13.2 Å². The van der Waals surface area contributed by atoms with Crippen molar-refractivity contribution in [2.75, 3.05) is 13.2 Å². The number of nitrogens with one attached hydrogen (secondary N) is 2. The number of amides is 1. The van der Waals surface area contributed by atoms with Crippen LogP contribution in [0.15, 0.2) is 16.6 Å². The van der Waals surface area contributed by atoms with Crippen molar-refractivity contribution in [1.29, 1.82) is 0 Å². The lowest BCUT2D eigenvalue weighted by Crippen LogP contribution is -2.34. The molecule has 1 saturated carbocycles. The van der Waals surface area contributed by atoms with Gasteiger partial charge in [0.2, 0.25) is 5.91 Å². The van der Waals surface area contributed by atoms with Crippen molar-refractivity contribution in [3.05, 3.63) is 27.7 Å². The molecule has 19 heavy (non-hydrogen) atoms. The fourth-order valence-corrected chi connectivity index (χ4v) is 2.81. The molecular weight excluding hydrogens is 308 g/mol. The predicted octanol–water partition coefficient (Wildman–Crippen LogP) is 1.75. The highest BCUT2D eigenvalue weighted by Gasteiger charge is 2.21. The molecule has 0 atom stereocenters. The number of hydrogen-bond donors (Lipinski definition) is 2. The van der Waals surface area contributed by atoms with Crippen molar-refractivity contribution in [1.82, 2.24) is 10.6 Å². The van der Waals surface area contributed by atoms with Crippen molar-refractivity contribution >= 4 is 21.8 Å². The molecule has 102 valence electrons. The van der Waals surface area contributed by atoms with Gasteiger partial charge in [0.25, 0.3) is 0 Å². The lowest BCUT2D eigenvalue weighted by Gasteiger charge is -2.10. The minimum atomic E-state index is 0.0404. The smallest absolute Gasteiger partial charge is 0.234 e.